The Morgan fingerprint density at radius 3 is 2.21 bits per heavy atom. The number of nitrogens with zero attached hydrogens (tertiary/aromatic N) is 1. The van der Waals surface area contributed by atoms with Crippen molar-refractivity contribution in [2.24, 2.45) is 4.99 Å². The Hall–Kier alpha value is -1.72. The molecule has 0 atom stereocenters. The van der Waals surface area contributed by atoms with Crippen LogP contribution >= 0.6 is 24.0 Å². The number of halogens is 4. The fourth-order valence-corrected chi connectivity index (χ4v) is 2.03. The number of carbonyl (C=O) groups excluding carboxylic acids is 1. The third-order valence-corrected chi connectivity index (χ3v) is 3.08. The van der Waals surface area contributed by atoms with E-state index in [0.717, 1.165) is 12.1 Å². The number of amides is 1. The first-order valence-corrected chi connectivity index (χ1v) is 8.64. The molecule has 0 unspecified atom stereocenters. The van der Waals surface area contributed by atoms with Crippen LogP contribution in [0.2, 0.25) is 0 Å². The van der Waals surface area contributed by atoms with E-state index in [0.29, 0.717) is 24.8 Å². The van der Waals surface area contributed by atoms with Crippen molar-refractivity contribution in [2.75, 3.05) is 26.2 Å². The molecule has 28 heavy (non-hydrogen) atoms. The lowest BCUT2D eigenvalue weighted by molar-refractivity contribution is -0.137. The maximum atomic E-state index is 12.5. The van der Waals surface area contributed by atoms with E-state index in [1.165, 1.54) is 12.1 Å². The molecule has 0 aliphatic carbocycles. The Labute approximate surface area is 180 Å². The molecule has 0 fully saturated rings. The monoisotopic (exact) mass is 516 g/mol. The normalized spacial score (nSPS) is 12.0. The molecule has 6 nitrogen and oxygen atoms in total. The van der Waals surface area contributed by atoms with Crippen molar-refractivity contribution in [3.8, 4) is 5.75 Å². The van der Waals surface area contributed by atoms with Gasteiger partial charge in [0, 0.05) is 12.1 Å². The number of rotatable bonds is 7. The smallest absolute Gasteiger partial charge is 0.416 e. The minimum atomic E-state index is -4.36. The summed E-state index contributed by atoms with van der Waals surface area (Å²) in [5, 5.41) is 8.81. The van der Waals surface area contributed by atoms with Crippen LogP contribution < -0.4 is 20.7 Å². The van der Waals surface area contributed by atoms with E-state index in [-0.39, 0.29) is 48.6 Å². The second-order valence-electron chi connectivity index (χ2n) is 6.79. The van der Waals surface area contributed by atoms with E-state index in [1.54, 1.807) is 0 Å². The molecule has 0 radical (unpaired) electrons. The first kappa shape index (κ1) is 26.3. The molecule has 0 aliphatic rings. The number of hydrogen-bond acceptors (Lipinski definition) is 3. The van der Waals surface area contributed by atoms with Crippen LogP contribution in [0.5, 0.6) is 5.75 Å². The number of benzene rings is 1. The van der Waals surface area contributed by atoms with Crippen LogP contribution in [0, 0.1) is 0 Å². The van der Waals surface area contributed by atoms with Crippen LogP contribution in [0.15, 0.2) is 29.3 Å². The van der Waals surface area contributed by atoms with Gasteiger partial charge in [0.15, 0.2) is 5.96 Å². The predicted molar refractivity (Wildman–Crippen MR) is 114 cm³/mol. The van der Waals surface area contributed by atoms with Crippen LogP contribution in [0.1, 0.15) is 33.3 Å². The molecule has 0 spiro atoms. The van der Waals surface area contributed by atoms with Crippen molar-refractivity contribution in [2.45, 2.75) is 39.4 Å². The van der Waals surface area contributed by atoms with E-state index >= 15 is 0 Å². The SMILES string of the molecule is CCNC(=NCC(=O)NC(C)(C)C)NCCOc1ccc(C(F)(F)F)cc1.I. The Bertz CT molecular complexity index is 629. The maximum absolute atomic E-state index is 12.5. The Morgan fingerprint density at radius 1 is 1.11 bits per heavy atom. The van der Waals surface area contributed by atoms with Crippen molar-refractivity contribution in [3.63, 3.8) is 0 Å². The highest BCUT2D eigenvalue weighted by Gasteiger charge is 2.29. The number of guanidine groups is 1. The van der Waals surface area contributed by atoms with Gasteiger partial charge in [-0.25, -0.2) is 4.99 Å². The zero-order valence-corrected chi connectivity index (χ0v) is 18.8. The molecule has 0 saturated heterocycles. The average Bonchev–Trinajstić information content (AvgIpc) is 2.54. The molecular weight excluding hydrogens is 488 g/mol. The lowest BCUT2D eigenvalue weighted by Crippen LogP contribution is -2.43. The highest BCUT2D eigenvalue weighted by atomic mass is 127. The van der Waals surface area contributed by atoms with Gasteiger partial charge in [0.05, 0.1) is 12.1 Å². The summed E-state index contributed by atoms with van der Waals surface area (Å²) in [7, 11) is 0. The maximum Gasteiger partial charge on any atom is 0.416 e. The van der Waals surface area contributed by atoms with Gasteiger partial charge >= 0.3 is 6.18 Å². The average molecular weight is 516 g/mol. The van der Waals surface area contributed by atoms with E-state index in [9.17, 15) is 18.0 Å². The van der Waals surface area contributed by atoms with E-state index in [4.69, 9.17) is 4.74 Å². The Kier molecular flexibility index (Phi) is 11.2. The number of nitrogens with one attached hydrogen (secondary N) is 3. The topological polar surface area (TPSA) is 74.8 Å². The van der Waals surface area contributed by atoms with Gasteiger partial charge < -0.3 is 20.7 Å². The summed E-state index contributed by atoms with van der Waals surface area (Å²) in [6, 6.07) is 4.50. The highest BCUT2D eigenvalue weighted by Crippen LogP contribution is 2.30. The zero-order chi connectivity index (χ0) is 20.5. The van der Waals surface area contributed by atoms with Gasteiger partial charge in [0.1, 0.15) is 18.9 Å². The van der Waals surface area contributed by atoms with Crippen molar-refractivity contribution in [1.29, 1.82) is 0 Å². The molecular formula is C18H28F3IN4O2. The summed E-state index contributed by atoms with van der Waals surface area (Å²) in [4.78, 5) is 16.0. The van der Waals surface area contributed by atoms with E-state index in [1.807, 2.05) is 27.7 Å². The van der Waals surface area contributed by atoms with Crippen molar-refractivity contribution < 1.29 is 22.7 Å². The lowest BCUT2D eigenvalue weighted by Gasteiger charge is -2.20. The number of carbonyl (C=O) groups is 1. The molecule has 1 amide bonds. The summed E-state index contributed by atoms with van der Waals surface area (Å²) in [5.41, 5.74) is -1.04. The molecule has 160 valence electrons. The number of ether oxygens (including phenoxy) is 1. The molecule has 1 aromatic rings. The van der Waals surface area contributed by atoms with Crippen molar-refractivity contribution >= 4 is 35.8 Å². The fraction of sp³-hybridized carbons (Fsp3) is 0.556. The van der Waals surface area contributed by atoms with Crippen LogP contribution in [0.3, 0.4) is 0 Å². The molecule has 1 aromatic carbocycles. The standard InChI is InChI=1S/C18H27F3N4O2.HI/c1-5-22-16(24-12-15(26)25-17(2,3)4)23-10-11-27-14-8-6-13(7-9-14)18(19,20)21;/h6-9H,5,10-12H2,1-4H3,(H,25,26)(H2,22,23,24);1H. The third kappa shape index (κ3) is 11.2. The second-order valence-corrected chi connectivity index (χ2v) is 6.79. The predicted octanol–water partition coefficient (Wildman–Crippen LogP) is 3.17. The minimum Gasteiger partial charge on any atom is -0.492 e. The Morgan fingerprint density at radius 2 is 1.71 bits per heavy atom. The fourth-order valence-electron chi connectivity index (χ4n) is 2.03. The van der Waals surface area contributed by atoms with Crippen molar-refractivity contribution in [3.05, 3.63) is 29.8 Å². The number of alkyl halides is 3. The number of aliphatic imine (C=N–C) groups is 1. The lowest BCUT2D eigenvalue weighted by atomic mass is 10.1. The molecule has 10 heteroatoms. The van der Waals surface area contributed by atoms with Gasteiger partial charge in [0.2, 0.25) is 5.91 Å². The molecule has 0 aromatic heterocycles. The first-order chi connectivity index (χ1) is 12.5. The largest absolute Gasteiger partial charge is 0.492 e. The highest BCUT2D eigenvalue weighted by molar-refractivity contribution is 14.0. The van der Waals surface area contributed by atoms with Crippen molar-refractivity contribution in [1.82, 2.24) is 16.0 Å². The summed E-state index contributed by atoms with van der Waals surface area (Å²) in [6.45, 7) is 8.74. The van der Waals surface area contributed by atoms with Crippen LogP contribution in [-0.2, 0) is 11.0 Å². The van der Waals surface area contributed by atoms with Gasteiger partial charge in [-0.2, -0.15) is 13.2 Å². The van der Waals surface area contributed by atoms with E-state index in [2.05, 4.69) is 20.9 Å². The quantitative estimate of drug-likeness (QED) is 0.225. The van der Waals surface area contributed by atoms with Gasteiger partial charge in [-0.3, -0.25) is 4.79 Å². The molecule has 3 N–H and O–H groups in total. The zero-order valence-electron chi connectivity index (χ0n) is 16.4. The summed E-state index contributed by atoms with van der Waals surface area (Å²) in [6.07, 6.45) is -4.36. The summed E-state index contributed by atoms with van der Waals surface area (Å²) in [5.74, 6) is 0.606. The van der Waals surface area contributed by atoms with Crippen LogP contribution in [-0.4, -0.2) is 43.6 Å². The number of hydrogen-bond donors (Lipinski definition) is 3. The third-order valence-electron chi connectivity index (χ3n) is 3.08. The van der Waals surface area contributed by atoms with E-state index < -0.39 is 11.7 Å². The second kappa shape index (κ2) is 12.0. The van der Waals surface area contributed by atoms with Gasteiger partial charge in [-0.15, -0.1) is 24.0 Å². The molecule has 0 heterocycles. The summed E-state index contributed by atoms with van der Waals surface area (Å²) >= 11 is 0. The molecule has 0 aliphatic heterocycles. The molecule has 0 saturated carbocycles. The van der Waals surface area contributed by atoms with Crippen LogP contribution in [0.4, 0.5) is 13.2 Å². The molecule has 0 bridgehead atoms. The minimum absolute atomic E-state index is 0. The van der Waals surface area contributed by atoms with Gasteiger partial charge in [-0.1, -0.05) is 0 Å². The Balaban J connectivity index is 0.00000729. The van der Waals surface area contributed by atoms with Gasteiger partial charge in [0.25, 0.3) is 0 Å². The van der Waals surface area contributed by atoms with Gasteiger partial charge in [-0.05, 0) is 52.0 Å². The molecule has 1 rings (SSSR count). The first-order valence-electron chi connectivity index (χ1n) is 8.64. The summed E-state index contributed by atoms with van der Waals surface area (Å²) < 4.78 is 42.9. The van der Waals surface area contributed by atoms with Crippen LogP contribution in [0.25, 0.3) is 0 Å².